The number of likely N-dealkylation sites (N-methyl/N-ethyl adjacent to an activating group) is 1. The fraction of sp³-hybridized carbons (Fsp3) is 0.375. The van der Waals surface area contributed by atoms with E-state index in [0.29, 0.717) is 6.54 Å². The van der Waals surface area contributed by atoms with Crippen molar-refractivity contribution < 1.29 is 9.53 Å². The van der Waals surface area contributed by atoms with Crippen LogP contribution in [0.25, 0.3) is 10.9 Å². The number of nitrogens with zero attached hydrogens (tertiary/aromatic N) is 2. The quantitative estimate of drug-likeness (QED) is 0.886. The van der Waals surface area contributed by atoms with E-state index < -0.39 is 0 Å². The monoisotopic (exact) mass is 287 g/mol. The summed E-state index contributed by atoms with van der Waals surface area (Å²) in [7, 11) is 1.37. The van der Waals surface area contributed by atoms with Crippen molar-refractivity contribution in [3.63, 3.8) is 0 Å². The molecular weight excluding hydrogens is 266 g/mol. The second-order valence-electron chi connectivity index (χ2n) is 4.77. The van der Waals surface area contributed by atoms with E-state index in [4.69, 9.17) is 0 Å². The Morgan fingerprint density at radius 3 is 2.90 bits per heavy atom. The minimum Gasteiger partial charge on any atom is -0.453 e. The smallest absolute Gasteiger partial charge is 0.406 e. The highest BCUT2D eigenvalue weighted by molar-refractivity contribution is 5.81. The van der Waals surface area contributed by atoms with Gasteiger partial charge in [0.1, 0.15) is 0 Å². The molecule has 0 atom stereocenters. The largest absolute Gasteiger partial charge is 0.453 e. The third-order valence-electron chi connectivity index (χ3n) is 3.46. The van der Waals surface area contributed by atoms with Crippen LogP contribution in [0.3, 0.4) is 0 Å². The van der Waals surface area contributed by atoms with E-state index >= 15 is 0 Å². The molecule has 0 bridgehead atoms. The Kier molecular flexibility index (Phi) is 5.51. The number of para-hydroxylation sites is 1. The molecule has 0 aliphatic carbocycles. The Hall–Kier alpha value is -2.14. The number of ether oxygens (including phenoxy) is 1. The Morgan fingerprint density at radius 2 is 2.14 bits per heavy atom. The zero-order valence-electron chi connectivity index (χ0n) is 12.5. The van der Waals surface area contributed by atoms with Gasteiger partial charge >= 0.3 is 6.09 Å². The first-order chi connectivity index (χ1) is 10.2. The van der Waals surface area contributed by atoms with Crippen LogP contribution in [0.5, 0.6) is 0 Å². The Morgan fingerprint density at radius 1 is 1.33 bits per heavy atom. The van der Waals surface area contributed by atoms with Crippen LogP contribution >= 0.6 is 0 Å². The summed E-state index contributed by atoms with van der Waals surface area (Å²) in [6, 6.07) is 10.2. The van der Waals surface area contributed by atoms with Gasteiger partial charge in [-0.05, 0) is 24.2 Å². The van der Waals surface area contributed by atoms with E-state index in [1.807, 2.05) is 24.4 Å². The van der Waals surface area contributed by atoms with Gasteiger partial charge in [-0.1, -0.05) is 25.1 Å². The number of amides is 1. The number of fused-ring (bicyclic) bond motifs is 1. The SMILES string of the molecule is CCN(CCNC(=O)OC)Cc1ccnc2ccccc12. The molecular formula is C16H21N3O2. The molecule has 0 aliphatic heterocycles. The molecule has 2 rings (SSSR count). The highest BCUT2D eigenvalue weighted by Gasteiger charge is 2.08. The van der Waals surface area contributed by atoms with E-state index in [1.54, 1.807) is 0 Å². The molecule has 0 unspecified atom stereocenters. The molecule has 1 aromatic carbocycles. The second-order valence-corrected chi connectivity index (χ2v) is 4.77. The van der Waals surface area contributed by atoms with Gasteiger partial charge in [-0.25, -0.2) is 4.79 Å². The number of hydrogen-bond acceptors (Lipinski definition) is 4. The number of alkyl carbamates (subject to hydrolysis) is 1. The molecule has 1 amide bonds. The molecule has 0 spiro atoms. The lowest BCUT2D eigenvalue weighted by Gasteiger charge is -2.21. The molecule has 2 aromatic rings. The summed E-state index contributed by atoms with van der Waals surface area (Å²) in [4.78, 5) is 17.7. The average molecular weight is 287 g/mol. The van der Waals surface area contributed by atoms with Crippen molar-refractivity contribution in [3.05, 3.63) is 42.1 Å². The van der Waals surface area contributed by atoms with Crippen molar-refractivity contribution in [2.75, 3.05) is 26.7 Å². The Labute approximate surface area is 124 Å². The minimum absolute atomic E-state index is 0.389. The molecule has 0 aliphatic rings. The van der Waals surface area contributed by atoms with Gasteiger partial charge in [0.15, 0.2) is 0 Å². The summed E-state index contributed by atoms with van der Waals surface area (Å²) < 4.78 is 4.56. The molecule has 0 radical (unpaired) electrons. The second kappa shape index (κ2) is 7.59. The predicted molar refractivity (Wildman–Crippen MR) is 83.1 cm³/mol. The first-order valence-corrected chi connectivity index (χ1v) is 7.11. The van der Waals surface area contributed by atoms with Gasteiger partial charge in [-0.3, -0.25) is 9.88 Å². The molecule has 5 nitrogen and oxygen atoms in total. The molecule has 0 fully saturated rings. The number of carbonyl (C=O) groups excluding carboxylic acids is 1. The third-order valence-corrected chi connectivity index (χ3v) is 3.46. The summed E-state index contributed by atoms with van der Waals surface area (Å²) >= 11 is 0. The Balaban J connectivity index is 2.01. The van der Waals surface area contributed by atoms with E-state index in [0.717, 1.165) is 25.2 Å². The van der Waals surface area contributed by atoms with Crippen molar-refractivity contribution >= 4 is 17.0 Å². The number of rotatable bonds is 6. The fourth-order valence-electron chi connectivity index (χ4n) is 2.27. The molecule has 1 aromatic heterocycles. The standard InChI is InChI=1S/C16H21N3O2/c1-3-19(11-10-18-16(20)21-2)12-13-8-9-17-15-7-5-4-6-14(13)15/h4-9H,3,10-12H2,1-2H3,(H,18,20). The number of nitrogens with one attached hydrogen (secondary N) is 1. The van der Waals surface area contributed by atoms with E-state index in [-0.39, 0.29) is 6.09 Å². The maximum Gasteiger partial charge on any atom is 0.406 e. The summed E-state index contributed by atoms with van der Waals surface area (Å²) in [6.45, 7) is 5.22. The van der Waals surface area contributed by atoms with Gasteiger partial charge in [0, 0.05) is 31.2 Å². The first-order valence-electron chi connectivity index (χ1n) is 7.11. The molecule has 0 saturated heterocycles. The van der Waals surface area contributed by atoms with Crippen molar-refractivity contribution in [2.24, 2.45) is 0 Å². The van der Waals surface area contributed by atoms with Crippen molar-refractivity contribution in [1.82, 2.24) is 15.2 Å². The van der Waals surface area contributed by atoms with Gasteiger partial charge < -0.3 is 10.1 Å². The number of hydrogen-bond donors (Lipinski definition) is 1. The maximum absolute atomic E-state index is 11.1. The lowest BCUT2D eigenvalue weighted by atomic mass is 10.1. The van der Waals surface area contributed by atoms with E-state index in [1.165, 1.54) is 18.1 Å². The van der Waals surface area contributed by atoms with Crippen molar-refractivity contribution in [2.45, 2.75) is 13.5 Å². The summed E-state index contributed by atoms with van der Waals surface area (Å²) in [6.07, 6.45) is 1.46. The van der Waals surface area contributed by atoms with Crippen LogP contribution in [-0.4, -0.2) is 42.7 Å². The number of carbonyl (C=O) groups is 1. The van der Waals surface area contributed by atoms with Crippen molar-refractivity contribution in [1.29, 1.82) is 0 Å². The summed E-state index contributed by atoms with van der Waals surface area (Å²) in [5, 5.41) is 3.88. The van der Waals surface area contributed by atoms with Crippen LogP contribution in [0.1, 0.15) is 12.5 Å². The highest BCUT2D eigenvalue weighted by atomic mass is 16.5. The van der Waals surface area contributed by atoms with Gasteiger partial charge in [0.25, 0.3) is 0 Å². The van der Waals surface area contributed by atoms with Crippen LogP contribution in [0.15, 0.2) is 36.5 Å². The number of methoxy groups -OCH3 is 1. The molecule has 0 saturated carbocycles. The third kappa shape index (κ3) is 4.16. The van der Waals surface area contributed by atoms with E-state index in [9.17, 15) is 4.79 Å². The Bertz CT molecular complexity index is 596. The van der Waals surface area contributed by atoms with Gasteiger partial charge in [-0.15, -0.1) is 0 Å². The molecule has 1 heterocycles. The number of pyridine rings is 1. The highest BCUT2D eigenvalue weighted by Crippen LogP contribution is 2.17. The lowest BCUT2D eigenvalue weighted by molar-refractivity contribution is 0.168. The average Bonchev–Trinajstić information content (AvgIpc) is 2.53. The lowest BCUT2D eigenvalue weighted by Crippen LogP contribution is -2.34. The van der Waals surface area contributed by atoms with Gasteiger partial charge in [0.2, 0.25) is 0 Å². The molecule has 5 heteroatoms. The molecule has 21 heavy (non-hydrogen) atoms. The maximum atomic E-state index is 11.1. The van der Waals surface area contributed by atoms with E-state index in [2.05, 4.69) is 39.0 Å². The van der Waals surface area contributed by atoms with Crippen LogP contribution in [0.4, 0.5) is 4.79 Å². The number of aromatic nitrogens is 1. The molecule has 112 valence electrons. The van der Waals surface area contributed by atoms with Crippen LogP contribution in [-0.2, 0) is 11.3 Å². The van der Waals surface area contributed by atoms with Crippen LogP contribution in [0, 0.1) is 0 Å². The fourth-order valence-corrected chi connectivity index (χ4v) is 2.27. The normalized spacial score (nSPS) is 10.8. The summed E-state index contributed by atoms with van der Waals surface area (Å²) in [5.74, 6) is 0. The zero-order chi connectivity index (χ0) is 15.1. The van der Waals surface area contributed by atoms with Gasteiger partial charge in [0.05, 0.1) is 12.6 Å². The predicted octanol–water partition coefficient (Wildman–Crippen LogP) is 2.41. The minimum atomic E-state index is -0.389. The van der Waals surface area contributed by atoms with Gasteiger partial charge in [-0.2, -0.15) is 0 Å². The molecule has 1 N–H and O–H groups in total. The van der Waals surface area contributed by atoms with Crippen LogP contribution in [0.2, 0.25) is 0 Å². The topological polar surface area (TPSA) is 54.5 Å². The summed E-state index contributed by atoms with van der Waals surface area (Å²) in [5.41, 5.74) is 2.26. The van der Waals surface area contributed by atoms with Crippen LogP contribution < -0.4 is 5.32 Å². The zero-order valence-corrected chi connectivity index (χ0v) is 12.5. The first kappa shape index (κ1) is 15.3. The van der Waals surface area contributed by atoms with Crippen molar-refractivity contribution in [3.8, 4) is 0 Å². The number of benzene rings is 1.